The van der Waals surface area contributed by atoms with E-state index in [9.17, 15) is 4.79 Å². The van der Waals surface area contributed by atoms with Crippen LogP contribution in [0.4, 0.5) is 16.3 Å². The summed E-state index contributed by atoms with van der Waals surface area (Å²) in [7, 11) is 0. The van der Waals surface area contributed by atoms with Crippen molar-refractivity contribution in [2.45, 2.75) is 40.2 Å². The summed E-state index contributed by atoms with van der Waals surface area (Å²) < 4.78 is 5.43. The number of pyridine rings is 1. The van der Waals surface area contributed by atoms with Gasteiger partial charge in [0, 0.05) is 38.1 Å². The smallest absolute Gasteiger partial charge is 0.410 e. The molecule has 1 saturated heterocycles. The van der Waals surface area contributed by atoms with Gasteiger partial charge in [0.1, 0.15) is 11.3 Å². The van der Waals surface area contributed by atoms with Gasteiger partial charge >= 0.3 is 6.09 Å². The summed E-state index contributed by atoms with van der Waals surface area (Å²) in [5, 5.41) is 0. The van der Waals surface area contributed by atoms with Gasteiger partial charge in [-0.1, -0.05) is 0 Å². The van der Waals surface area contributed by atoms with Crippen molar-refractivity contribution in [2.24, 2.45) is 4.99 Å². The van der Waals surface area contributed by atoms with Gasteiger partial charge in [-0.2, -0.15) is 0 Å². The first-order valence-electron chi connectivity index (χ1n) is 7.96. The standard InChI is InChI=1S/C17H26N4O2/c1-13(2)19-14-7-6-8-18-15(14)20-9-11-21(12-10-20)16(22)23-17(3,4)5/h6-8H,9-12H2,1-5H3. The molecule has 1 aliphatic rings. The minimum absolute atomic E-state index is 0.249. The summed E-state index contributed by atoms with van der Waals surface area (Å²) >= 11 is 0. The van der Waals surface area contributed by atoms with Gasteiger partial charge < -0.3 is 14.5 Å². The maximum absolute atomic E-state index is 12.1. The third-order valence-corrected chi connectivity index (χ3v) is 3.34. The monoisotopic (exact) mass is 318 g/mol. The van der Waals surface area contributed by atoms with Gasteiger partial charge in [0.05, 0.1) is 0 Å². The van der Waals surface area contributed by atoms with Crippen molar-refractivity contribution in [2.75, 3.05) is 31.1 Å². The topological polar surface area (TPSA) is 58.0 Å². The van der Waals surface area contributed by atoms with E-state index in [-0.39, 0.29) is 6.09 Å². The quantitative estimate of drug-likeness (QED) is 0.785. The van der Waals surface area contributed by atoms with Crippen LogP contribution < -0.4 is 4.90 Å². The number of nitrogens with zero attached hydrogens (tertiary/aromatic N) is 4. The minimum Gasteiger partial charge on any atom is -0.444 e. The molecule has 6 heteroatoms. The lowest BCUT2D eigenvalue weighted by molar-refractivity contribution is 0.0240. The lowest BCUT2D eigenvalue weighted by Gasteiger charge is -2.36. The zero-order valence-corrected chi connectivity index (χ0v) is 14.7. The summed E-state index contributed by atoms with van der Waals surface area (Å²) in [5.74, 6) is 0.873. The van der Waals surface area contributed by atoms with Crippen LogP contribution in [0.25, 0.3) is 0 Å². The van der Waals surface area contributed by atoms with Crippen molar-refractivity contribution < 1.29 is 9.53 Å². The largest absolute Gasteiger partial charge is 0.444 e. The highest BCUT2D eigenvalue weighted by atomic mass is 16.6. The Bertz CT molecular complexity index is 581. The SMILES string of the molecule is CC(C)=Nc1cccnc1N1CCN(C(=O)OC(C)(C)C)CC1. The molecular formula is C17H26N4O2. The number of hydrogen-bond acceptors (Lipinski definition) is 5. The van der Waals surface area contributed by atoms with Crippen LogP contribution in [0.5, 0.6) is 0 Å². The van der Waals surface area contributed by atoms with Crippen molar-refractivity contribution in [1.29, 1.82) is 0 Å². The van der Waals surface area contributed by atoms with Crippen molar-refractivity contribution in [3.05, 3.63) is 18.3 Å². The first-order valence-corrected chi connectivity index (χ1v) is 7.96. The molecule has 126 valence electrons. The minimum atomic E-state index is -0.463. The van der Waals surface area contributed by atoms with E-state index in [1.807, 2.05) is 46.8 Å². The number of ether oxygens (including phenoxy) is 1. The van der Waals surface area contributed by atoms with E-state index < -0.39 is 5.60 Å². The molecule has 0 spiro atoms. The summed E-state index contributed by atoms with van der Waals surface area (Å²) in [6.45, 7) is 12.3. The zero-order valence-electron chi connectivity index (χ0n) is 14.7. The third-order valence-electron chi connectivity index (χ3n) is 3.34. The Hall–Kier alpha value is -2.11. The Balaban J connectivity index is 2.03. The van der Waals surface area contributed by atoms with E-state index in [2.05, 4.69) is 14.9 Å². The third kappa shape index (κ3) is 4.94. The van der Waals surface area contributed by atoms with Crippen molar-refractivity contribution >= 4 is 23.3 Å². The predicted octanol–water partition coefficient (Wildman–Crippen LogP) is 3.25. The van der Waals surface area contributed by atoms with Crippen LogP contribution in [0.1, 0.15) is 34.6 Å². The number of anilines is 1. The number of rotatable bonds is 2. The molecule has 0 unspecified atom stereocenters. The highest BCUT2D eigenvalue weighted by molar-refractivity contribution is 5.84. The van der Waals surface area contributed by atoms with E-state index in [4.69, 9.17) is 4.74 Å². The second-order valence-electron chi connectivity index (χ2n) is 6.86. The Morgan fingerprint density at radius 2 is 1.87 bits per heavy atom. The molecule has 0 atom stereocenters. The average Bonchev–Trinajstić information content (AvgIpc) is 2.45. The fourth-order valence-electron chi connectivity index (χ4n) is 2.39. The van der Waals surface area contributed by atoms with Crippen molar-refractivity contribution in [3.8, 4) is 0 Å². The van der Waals surface area contributed by atoms with E-state index in [1.54, 1.807) is 11.1 Å². The molecule has 2 heterocycles. The molecule has 2 rings (SSSR count). The van der Waals surface area contributed by atoms with Crippen LogP contribution in [0.2, 0.25) is 0 Å². The predicted molar refractivity (Wildman–Crippen MR) is 92.7 cm³/mol. The maximum atomic E-state index is 12.1. The van der Waals surface area contributed by atoms with Crippen LogP contribution in [-0.2, 0) is 4.74 Å². The lowest BCUT2D eigenvalue weighted by atomic mass is 10.2. The molecule has 1 fully saturated rings. The van der Waals surface area contributed by atoms with Crippen LogP contribution in [0, 0.1) is 0 Å². The number of carbonyl (C=O) groups excluding carboxylic acids is 1. The van der Waals surface area contributed by atoms with Crippen LogP contribution in [0.15, 0.2) is 23.3 Å². The van der Waals surface area contributed by atoms with E-state index in [0.29, 0.717) is 13.1 Å². The molecule has 0 aliphatic carbocycles. The van der Waals surface area contributed by atoms with Gasteiger partial charge in [-0.05, 0) is 46.8 Å². The molecule has 1 amide bonds. The van der Waals surface area contributed by atoms with Crippen LogP contribution in [-0.4, -0.2) is 53.5 Å². The summed E-state index contributed by atoms with van der Waals surface area (Å²) in [5.41, 5.74) is 1.40. The fourth-order valence-corrected chi connectivity index (χ4v) is 2.39. The molecule has 1 aromatic heterocycles. The second kappa shape index (κ2) is 6.98. The normalized spacial score (nSPS) is 15.3. The van der Waals surface area contributed by atoms with Crippen molar-refractivity contribution in [1.82, 2.24) is 9.88 Å². The Labute approximate surface area is 138 Å². The molecular weight excluding hydrogens is 292 g/mol. The van der Waals surface area contributed by atoms with Gasteiger partial charge in [-0.25, -0.2) is 9.78 Å². The van der Waals surface area contributed by atoms with Gasteiger partial charge in [0.2, 0.25) is 0 Å². The van der Waals surface area contributed by atoms with E-state index in [0.717, 1.165) is 30.3 Å². The molecule has 0 N–H and O–H groups in total. The molecule has 0 saturated carbocycles. The highest BCUT2D eigenvalue weighted by Crippen LogP contribution is 2.27. The highest BCUT2D eigenvalue weighted by Gasteiger charge is 2.27. The molecule has 23 heavy (non-hydrogen) atoms. The molecule has 0 bridgehead atoms. The second-order valence-corrected chi connectivity index (χ2v) is 6.86. The molecule has 0 aromatic carbocycles. The van der Waals surface area contributed by atoms with Crippen LogP contribution in [0.3, 0.4) is 0 Å². The number of aliphatic imine (C=N–C) groups is 1. The van der Waals surface area contributed by atoms with Crippen molar-refractivity contribution in [3.63, 3.8) is 0 Å². The molecule has 0 radical (unpaired) electrons. The number of carbonyl (C=O) groups is 1. The van der Waals surface area contributed by atoms with E-state index >= 15 is 0 Å². The number of aromatic nitrogens is 1. The van der Waals surface area contributed by atoms with Gasteiger partial charge in [-0.3, -0.25) is 4.99 Å². The molecule has 1 aliphatic heterocycles. The number of piperazine rings is 1. The Morgan fingerprint density at radius 1 is 1.22 bits per heavy atom. The fraction of sp³-hybridized carbons (Fsp3) is 0.588. The zero-order chi connectivity index (χ0) is 17.0. The number of amides is 1. The molecule has 1 aromatic rings. The lowest BCUT2D eigenvalue weighted by Crippen LogP contribution is -2.50. The van der Waals surface area contributed by atoms with Gasteiger partial charge in [0.25, 0.3) is 0 Å². The first-order chi connectivity index (χ1) is 10.8. The van der Waals surface area contributed by atoms with Gasteiger partial charge in [0.15, 0.2) is 5.82 Å². The Kier molecular flexibility index (Phi) is 5.23. The van der Waals surface area contributed by atoms with Crippen LogP contribution >= 0.6 is 0 Å². The summed E-state index contributed by atoms with van der Waals surface area (Å²) in [6, 6.07) is 3.86. The summed E-state index contributed by atoms with van der Waals surface area (Å²) in [6.07, 6.45) is 1.53. The Morgan fingerprint density at radius 3 is 2.43 bits per heavy atom. The summed E-state index contributed by atoms with van der Waals surface area (Å²) in [4.78, 5) is 25.0. The molecule has 6 nitrogen and oxygen atoms in total. The average molecular weight is 318 g/mol. The maximum Gasteiger partial charge on any atom is 0.410 e. The number of hydrogen-bond donors (Lipinski definition) is 0. The van der Waals surface area contributed by atoms with E-state index in [1.165, 1.54) is 0 Å². The van der Waals surface area contributed by atoms with Gasteiger partial charge in [-0.15, -0.1) is 0 Å². The first kappa shape index (κ1) is 17.2.